The van der Waals surface area contributed by atoms with E-state index >= 15 is 0 Å². The summed E-state index contributed by atoms with van der Waals surface area (Å²) >= 11 is 0. The summed E-state index contributed by atoms with van der Waals surface area (Å²) in [6, 6.07) is 0. The number of carbonyl (C=O) groups excluding carboxylic acids is 1. The zero-order valence-electron chi connectivity index (χ0n) is 31.9. The first kappa shape index (κ1) is 47.0. The number of carbonyl (C=O) groups is 1. The van der Waals surface area contributed by atoms with Crippen molar-refractivity contribution in [1.29, 1.82) is 0 Å². The van der Waals surface area contributed by atoms with Gasteiger partial charge in [-0.3, -0.25) is 9.36 Å². The summed E-state index contributed by atoms with van der Waals surface area (Å²) in [6.07, 6.45) is 34.7. The van der Waals surface area contributed by atoms with Gasteiger partial charge in [-0.25, -0.2) is 0 Å². The quantitative estimate of drug-likeness (QED) is 0.0211. The Balaban J connectivity index is 4.30. The Morgan fingerprint density at radius 2 is 1.12 bits per heavy atom. The lowest BCUT2D eigenvalue weighted by atomic mass is 10.1. The molecule has 0 aromatic rings. The molecule has 0 aromatic heterocycles. The Labute approximate surface area is 296 Å². The number of phosphoric ester groups is 1. The minimum atomic E-state index is -4.52. The summed E-state index contributed by atoms with van der Waals surface area (Å²) in [5, 5.41) is 0. The van der Waals surface area contributed by atoms with E-state index in [4.69, 9.17) is 18.5 Å². The number of hydrogen-bond acceptors (Lipinski definition) is 7. The monoisotopic (exact) mass is 702 g/mol. The second-order valence-electron chi connectivity index (χ2n) is 14.3. The van der Waals surface area contributed by atoms with Gasteiger partial charge in [0.1, 0.15) is 19.3 Å². The molecule has 0 aliphatic rings. The third-order valence-electron chi connectivity index (χ3n) is 8.21. The molecule has 0 aliphatic heterocycles. The van der Waals surface area contributed by atoms with Gasteiger partial charge in [0, 0.05) is 13.0 Å². The molecule has 8 nitrogen and oxygen atoms in total. The second-order valence-corrected chi connectivity index (χ2v) is 15.7. The third-order valence-corrected chi connectivity index (χ3v) is 9.17. The highest BCUT2D eigenvalue weighted by molar-refractivity contribution is 7.45. The van der Waals surface area contributed by atoms with Gasteiger partial charge in [-0.1, -0.05) is 122 Å². The van der Waals surface area contributed by atoms with Crippen molar-refractivity contribution in [3.8, 4) is 0 Å². The highest BCUT2D eigenvalue weighted by atomic mass is 31.2. The van der Waals surface area contributed by atoms with Crippen molar-refractivity contribution in [2.75, 3.05) is 54.1 Å². The van der Waals surface area contributed by atoms with Gasteiger partial charge in [-0.15, -0.1) is 0 Å². The molecule has 0 aliphatic carbocycles. The number of allylic oxidation sites excluding steroid dienone is 4. The average molecular weight is 702 g/mol. The smallest absolute Gasteiger partial charge is 0.306 e. The van der Waals surface area contributed by atoms with E-state index in [-0.39, 0.29) is 25.8 Å². The van der Waals surface area contributed by atoms with E-state index in [1.807, 2.05) is 21.1 Å². The molecule has 0 aromatic carbocycles. The van der Waals surface area contributed by atoms with Crippen molar-refractivity contribution in [2.24, 2.45) is 0 Å². The first-order valence-electron chi connectivity index (χ1n) is 19.6. The van der Waals surface area contributed by atoms with Crippen LogP contribution in [-0.2, 0) is 27.9 Å². The van der Waals surface area contributed by atoms with Crippen LogP contribution in [0.15, 0.2) is 24.3 Å². The number of likely N-dealkylation sites (N-methyl/N-ethyl adjacent to an activating group) is 1. The van der Waals surface area contributed by atoms with Gasteiger partial charge in [-0.05, 0) is 57.8 Å². The van der Waals surface area contributed by atoms with Gasteiger partial charge in [0.2, 0.25) is 0 Å². The first-order chi connectivity index (χ1) is 23.1. The minimum Gasteiger partial charge on any atom is -0.756 e. The average Bonchev–Trinajstić information content (AvgIpc) is 3.03. The van der Waals surface area contributed by atoms with Gasteiger partial charge in [0.25, 0.3) is 7.82 Å². The summed E-state index contributed by atoms with van der Waals surface area (Å²) in [5.74, 6) is -0.346. The standard InChI is InChI=1S/C39H76NO7P/c1-6-8-10-12-14-16-18-19-20-21-22-24-26-28-30-32-39(41)47-38(37-46-48(42,43)45-35-33-40(3,4)5)36-44-34-31-29-27-25-23-17-15-13-11-9-7-2/h11,13,19-20,38H,6-10,12,14-18,21-37H2,1-5H3/b13-11-,20-19-. The molecule has 284 valence electrons. The number of ether oxygens (including phenoxy) is 2. The van der Waals surface area contributed by atoms with Crippen molar-refractivity contribution in [3.05, 3.63) is 24.3 Å². The molecule has 0 radical (unpaired) electrons. The van der Waals surface area contributed by atoms with Gasteiger partial charge < -0.3 is 27.9 Å². The Kier molecular flexibility index (Phi) is 32.4. The van der Waals surface area contributed by atoms with Crippen LogP contribution in [0, 0.1) is 0 Å². The first-order valence-corrected chi connectivity index (χ1v) is 21.0. The van der Waals surface area contributed by atoms with Gasteiger partial charge in [0.15, 0.2) is 0 Å². The predicted octanol–water partition coefficient (Wildman–Crippen LogP) is 10.2. The van der Waals surface area contributed by atoms with Crippen LogP contribution in [0.2, 0.25) is 0 Å². The van der Waals surface area contributed by atoms with E-state index in [1.54, 1.807) is 0 Å². The predicted molar refractivity (Wildman–Crippen MR) is 199 cm³/mol. The van der Waals surface area contributed by atoms with E-state index < -0.39 is 13.9 Å². The van der Waals surface area contributed by atoms with Crippen molar-refractivity contribution in [2.45, 2.75) is 168 Å². The van der Waals surface area contributed by atoms with Crippen LogP contribution in [0.5, 0.6) is 0 Å². The van der Waals surface area contributed by atoms with E-state index in [2.05, 4.69) is 38.2 Å². The lowest BCUT2D eigenvalue weighted by Crippen LogP contribution is -2.37. The summed E-state index contributed by atoms with van der Waals surface area (Å²) < 4.78 is 34.4. The van der Waals surface area contributed by atoms with Crippen LogP contribution in [0.4, 0.5) is 0 Å². The number of hydrogen-bond donors (Lipinski definition) is 0. The highest BCUT2D eigenvalue weighted by Gasteiger charge is 2.20. The maximum atomic E-state index is 12.6. The summed E-state index contributed by atoms with van der Waals surface area (Å²) in [6.45, 7) is 5.32. The number of phosphoric acid groups is 1. The number of esters is 1. The molecular weight excluding hydrogens is 625 g/mol. The van der Waals surface area contributed by atoms with Crippen molar-refractivity contribution < 1.29 is 37.3 Å². The van der Waals surface area contributed by atoms with E-state index in [9.17, 15) is 14.3 Å². The van der Waals surface area contributed by atoms with Crippen LogP contribution in [0.1, 0.15) is 162 Å². The molecule has 2 unspecified atom stereocenters. The summed E-state index contributed by atoms with van der Waals surface area (Å²) in [7, 11) is 1.35. The molecule has 0 fully saturated rings. The number of quaternary nitrogens is 1. The molecule has 9 heteroatoms. The number of nitrogens with zero attached hydrogens (tertiary/aromatic N) is 1. The van der Waals surface area contributed by atoms with Crippen LogP contribution < -0.4 is 4.89 Å². The largest absolute Gasteiger partial charge is 0.756 e. The SMILES string of the molecule is CCC/C=C\CCCCCCCCOCC(COP(=O)([O-])OCC[N+](C)(C)C)OC(=O)CCCCCCC/C=C\CCCCCCCC. The third kappa shape index (κ3) is 36.3. The molecule has 0 bridgehead atoms. The maximum Gasteiger partial charge on any atom is 0.306 e. The van der Waals surface area contributed by atoms with Gasteiger partial charge >= 0.3 is 5.97 Å². The molecule has 0 rings (SSSR count). The molecule has 2 atom stereocenters. The fourth-order valence-corrected chi connectivity index (χ4v) is 5.86. The molecule has 0 heterocycles. The van der Waals surface area contributed by atoms with E-state index in [0.29, 0.717) is 24.1 Å². The summed E-state index contributed by atoms with van der Waals surface area (Å²) in [4.78, 5) is 24.9. The molecule has 0 spiro atoms. The fourth-order valence-electron chi connectivity index (χ4n) is 5.13. The Morgan fingerprint density at radius 3 is 1.67 bits per heavy atom. The van der Waals surface area contributed by atoms with E-state index in [1.165, 1.54) is 96.3 Å². The van der Waals surface area contributed by atoms with Crippen LogP contribution in [0.3, 0.4) is 0 Å². The van der Waals surface area contributed by atoms with Crippen LogP contribution in [-0.4, -0.2) is 70.7 Å². The topological polar surface area (TPSA) is 94.1 Å². The fraction of sp³-hybridized carbons (Fsp3) is 0.872. The normalized spacial score (nSPS) is 14.2. The van der Waals surface area contributed by atoms with Crippen molar-refractivity contribution >= 4 is 13.8 Å². The molecule has 0 amide bonds. The van der Waals surface area contributed by atoms with Gasteiger partial charge in [0.05, 0.1) is 34.4 Å². The molecular formula is C39H76NO7P. The van der Waals surface area contributed by atoms with E-state index in [0.717, 1.165) is 44.9 Å². The molecule has 0 saturated carbocycles. The van der Waals surface area contributed by atoms with Crippen LogP contribution >= 0.6 is 7.82 Å². The van der Waals surface area contributed by atoms with Gasteiger partial charge in [-0.2, -0.15) is 0 Å². The zero-order valence-corrected chi connectivity index (χ0v) is 32.8. The maximum absolute atomic E-state index is 12.6. The second kappa shape index (κ2) is 33.1. The highest BCUT2D eigenvalue weighted by Crippen LogP contribution is 2.38. The Morgan fingerprint density at radius 1 is 0.625 bits per heavy atom. The van der Waals surface area contributed by atoms with Crippen molar-refractivity contribution in [3.63, 3.8) is 0 Å². The minimum absolute atomic E-state index is 0.0241. The summed E-state index contributed by atoms with van der Waals surface area (Å²) in [5.41, 5.74) is 0. The number of rotatable bonds is 36. The lowest BCUT2D eigenvalue weighted by Gasteiger charge is -2.28. The van der Waals surface area contributed by atoms with Crippen LogP contribution in [0.25, 0.3) is 0 Å². The molecule has 48 heavy (non-hydrogen) atoms. The Hall–Kier alpha value is -1.02. The number of unbranched alkanes of at least 4 members (excludes halogenated alkanes) is 18. The Bertz CT molecular complexity index is 828. The molecule has 0 saturated heterocycles. The lowest BCUT2D eigenvalue weighted by molar-refractivity contribution is -0.870. The molecule has 0 N–H and O–H groups in total. The zero-order chi connectivity index (χ0) is 35.6. The van der Waals surface area contributed by atoms with Crippen molar-refractivity contribution in [1.82, 2.24) is 0 Å².